The Morgan fingerprint density at radius 1 is 0.867 bits per heavy atom. The lowest BCUT2D eigenvalue weighted by atomic mass is 9.99. The number of nitrogens with zero attached hydrogens (tertiary/aromatic N) is 1. The van der Waals surface area contributed by atoms with Crippen LogP contribution in [0.2, 0.25) is 0 Å². The molecule has 0 aliphatic heterocycles. The van der Waals surface area contributed by atoms with E-state index in [2.05, 4.69) is 4.57 Å². The van der Waals surface area contributed by atoms with Crippen LogP contribution in [0.3, 0.4) is 0 Å². The molecule has 0 radical (unpaired) electrons. The normalized spacial score (nSPS) is 11.0. The van der Waals surface area contributed by atoms with Crippen molar-refractivity contribution in [2.45, 2.75) is 20.4 Å². The van der Waals surface area contributed by atoms with Gasteiger partial charge in [-0.1, -0.05) is 42.5 Å². The van der Waals surface area contributed by atoms with E-state index in [-0.39, 0.29) is 11.1 Å². The minimum absolute atomic E-state index is 0.280. The van der Waals surface area contributed by atoms with Gasteiger partial charge in [-0.25, -0.2) is 9.59 Å². The molecule has 0 spiro atoms. The van der Waals surface area contributed by atoms with E-state index in [1.807, 2.05) is 56.3 Å². The maximum absolute atomic E-state index is 11.5. The van der Waals surface area contributed by atoms with Crippen LogP contribution in [-0.2, 0) is 6.54 Å². The standard InChI is InChI=1S/C25H21NO4/c1-15-16(2)26(23-12-11-19(24(27)28)13-22(15)23)14-17-7-9-18(10-8-17)20-5-3-4-6-21(20)25(29)30/h3-13H,14H2,1-2H3,(H,27,28)(H,29,30). The molecule has 0 aliphatic carbocycles. The number of aromatic carboxylic acids is 2. The molecule has 30 heavy (non-hydrogen) atoms. The molecule has 0 saturated heterocycles. The van der Waals surface area contributed by atoms with Gasteiger partial charge in [-0.05, 0) is 60.4 Å². The van der Waals surface area contributed by atoms with Crippen LogP contribution in [0, 0.1) is 13.8 Å². The van der Waals surface area contributed by atoms with Gasteiger partial charge in [0, 0.05) is 23.1 Å². The first kappa shape index (κ1) is 19.5. The van der Waals surface area contributed by atoms with Gasteiger partial charge in [0.1, 0.15) is 0 Å². The molecule has 1 heterocycles. The number of carbonyl (C=O) groups is 2. The number of aryl methyl sites for hydroxylation is 1. The van der Waals surface area contributed by atoms with Crippen LogP contribution in [0.1, 0.15) is 37.5 Å². The van der Waals surface area contributed by atoms with Crippen molar-refractivity contribution < 1.29 is 19.8 Å². The number of hydrogen-bond donors (Lipinski definition) is 2. The van der Waals surface area contributed by atoms with Crippen molar-refractivity contribution in [2.24, 2.45) is 0 Å². The topological polar surface area (TPSA) is 79.5 Å². The van der Waals surface area contributed by atoms with Crippen LogP contribution in [-0.4, -0.2) is 26.7 Å². The summed E-state index contributed by atoms with van der Waals surface area (Å²) >= 11 is 0. The smallest absolute Gasteiger partial charge is 0.336 e. The van der Waals surface area contributed by atoms with Gasteiger partial charge in [0.25, 0.3) is 0 Å². The van der Waals surface area contributed by atoms with Gasteiger partial charge in [0.2, 0.25) is 0 Å². The summed E-state index contributed by atoms with van der Waals surface area (Å²) in [7, 11) is 0. The first-order chi connectivity index (χ1) is 14.4. The third-order valence-corrected chi connectivity index (χ3v) is 5.65. The summed E-state index contributed by atoms with van der Waals surface area (Å²) in [6.45, 7) is 4.68. The van der Waals surface area contributed by atoms with Crippen LogP contribution in [0.5, 0.6) is 0 Å². The monoisotopic (exact) mass is 399 g/mol. The van der Waals surface area contributed by atoms with Gasteiger partial charge < -0.3 is 14.8 Å². The Balaban J connectivity index is 1.69. The average Bonchev–Trinajstić information content (AvgIpc) is 2.98. The second kappa shape index (κ2) is 7.52. The first-order valence-electron chi connectivity index (χ1n) is 9.61. The van der Waals surface area contributed by atoms with Gasteiger partial charge in [0.05, 0.1) is 11.1 Å². The Labute approximate surface area is 173 Å². The second-order valence-electron chi connectivity index (χ2n) is 7.38. The lowest BCUT2D eigenvalue weighted by molar-refractivity contribution is 0.0686. The van der Waals surface area contributed by atoms with E-state index in [0.717, 1.165) is 33.3 Å². The molecule has 0 bridgehead atoms. The maximum atomic E-state index is 11.5. The highest BCUT2D eigenvalue weighted by molar-refractivity contribution is 5.96. The van der Waals surface area contributed by atoms with Gasteiger partial charge >= 0.3 is 11.9 Å². The molecule has 0 fully saturated rings. The van der Waals surface area contributed by atoms with Crippen LogP contribution >= 0.6 is 0 Å². The second-order valence-corrected chi connectivity index (χ2v) is 7.38. The highest BCUT2D eigenvalue weighted by Gasteiger charge is 2.14. The van der Waals surface area contributed by atoms with Crippen LogP contribution in [0.25, 0.3) is 22.0 Å². The number of carboxylic acid groups (broad SMARTS) is 2. The lowest BCUT2D eigenvalue weighted by Crippen LogP contribution is -2.03. The van der Waals surface area contributed by atoms with Gasteiger partial charge in [-0.2, -0.15) is 0 Å². The number of hydrogen-bond acceptors (Lipinski definition) is 2. The molecule has 0 amide bonds. The Hall–Kier alpha value is -3.86. The molecule has 3 aromatic carbocycles. The predicted octanol–water partition coefficient (Wildman–Crippen LogP) is 5.37. The van der Waals surface area contributed by atoms with Crippen molar-refractivity contribution in [1.29, 1.82) is 0 Å². The molecule has 150 valence electrons. The van der Waals surface area contributed by atoms with Crippen LogP contribution in [0.4, 0.5) is 0 Å². The SMILES string of the molecule is Cc1c(C)n(Cc2ccc(-c3ccccc3C(=O)O)cc2)c2ccc(C(=O)O)cc12. The highest BCUT2D eigenvalue weighted by atomic mass is 16.4. The fourth-order valence-electron chi connectivity index (χ4n) is 3.88. The summed E-state index contributed by atoms with van der Waals surface area (Å²) < 4.78 is 2.18. The van der Waals surface area contributed by atoms with Crippen LogP contribution in [0.15, 0.2) is 66.7 Å². The summed E-state index contributed by atoms with van der Waals surface area (Å²) in [5.74, 6) is -1.88. The predicted molar refractivity (Wildman–Crippen MR) is 116 cm³/mol. The Morgan fingerprint density at radius 3 is 2.23 bits per heavy atom. The third kappa shape index (κ3) is 3.35. The first-order valence-corrected chi connectivity index (χ1v) is 9.61. The molecule has 1 aromatic heterocycles. The lowest BCUT2D eigenvalue weighted by Gasteiger charge is -2.11. The molecular formula is C25H21NO4. The molecule has 0 unspecified atom stereocenters. The van der Waals surface area contributed by atoms with E-state index >= 15 is 0 Å². The molecule has 4 rings (SSSR count). The average molecular weight is 399 g/mol. The number of aromatic nitrogens is 1. The zero-order valence-electron chi connectivity index (χ0n) is 16.7. The zero-order chi connectivity index (χ0) is 21.4. The summed E-state index contributed by atoms with van der Waals surface area (Å²) in [6, 6.07) is 20.1. The summed E-state index contributed by atoms with van der Waals surface area (Å²) in [6.07, 6.45) is 0. The van der Waals surface area contributed by atoms with Crippen molar-refractivity contribution in [1.82, 2.24) is 4.57 Å². The number of rotatable bonds is 5. The minimum atomic E-state index is -0.944. The zero-order valence-corrected chi connectivity index (χ0v) is 16.7. The van der Waals surface area contributed by atoms with Crippen molar-refractivity contribution in [3.05, 3.63) is 94.7 Å². The quantitative estimate of drug-likeness (QED) is 0.473. The van der Waals surface area contributed by atoms with E-state index in [9.17, 15) is 19.8 Å². The van der Waals surface area contributed by atoms with Gasteiger partial charge in [0.15, 0.2) is 0 Å². The Kier molecular flexibility index (Phi) is 4.88. The molecule has 5 heteroatoms. The maximum Gasteiger partial charge on any atom is 0.336 e. The molecule has 4 aromatic rings. The minimum Gasteiger partial charge on any atom is -0.478 e. The summed E-state index contributed by atoms with van der Waals surface area (Å²) in [5.41, 5.74) is 6.34. The van der Waals surface area contributed by atoms with E-state index in [4.69, 9.17) is 0 Å². The highest BCUT2D eigenvalue weighted by Crippen LogP contribution is 2.28. The molecule has 0 atom stereocenters. The summed E-state index contributed by atoms with van der Waals surface area (Å²) in [5, 5.41) is 19.6. The molecule has 0 saturated carbocycles. The summed E-state index contributed by atoms with van der Waals surface area (Å²) in [4.78, 5) is 22.8. The number of carboxylic acids is 2. The fourth-order valence-corrected chi connectivity index (χ4v) is 3.88. The number of fused-ring (bicyclic) bond motifs is 1. The fraction of sp³-hybridized carbons (Fsp3) is 0.120. The largest absolute Gasteiger partial charge is 0.478 e. The van der Waals surface area contributed by atoms with Crippen LogP contribution < -0.4 is 0 Å². The molecular weight excluding hydrogens is 378 g/mol. The van der Waals surface area contributed by atoms with E-state index in [1.165, 1.54) is 0 Å². The van der Waals surface area contributed by atoms with E-state index < -0.39 is 11.9 Å². The molecule has 2 N–H and O–H groups in total. The van der Waals surface area contributed by atoms with E-state index in [0.29, 0.717) is 12.1 Å². The number of benzene rings is 3. The molecule has 5 nitrogen and oxygen atoms in total. The Morgan fingerprint density at radius 2 is 1.57 bits per heavy atom. The Bertz CT molecular complexity index is 1280. The van der Waals surface area contributed by atoms with Crippen molar-refractivity contribution in [3.63, 3.8) is 0 Å². The van der Waals surface area contributed by atoms with E-state index in [1.54, 1.807) is 24.3 Å². The van der Waals surface area contributed by atoms with Crippen molar-refractivity contribution >= 4 is 22.8 Å². The van der Waals surface area contributed by atoms with Crippen molar-refractivity contribution in [2.75, 3.05) is 0 Å². The third-order valence-electron chi connectivity index (χ3n) is 5.65. The van der Waals surface area contributed by atoms with Crippen molar-refractivity contribution in [3.8, 4) is 11.1 Å². The van der Waals surface area contributed by atoms with Gasteiger partial charge in [-0.3, -0.25) is 0 Å². The van der Waals surface area contributed by atoms with Gasteiger partial charge in [-0.15, -0.1) is 0 Å². The molecule has 0 aliphatic rings.